The maximum absolute atomic E-state index is 11.2. The Kier molecular flexibility index (Phi) is 9.64. The minimum absolute atomic E-state index is 0.102. The number of hydrogen-bond acceptors (Lipinski definition) is 4. The summed E-state index contributed by atoms with van der Waals surface area (Å²) in [5.74, 6) is 1.21. The number of ether oxygens (including phenoxy) is 1. The summed E-state index contributed by atoms with van der Waals surface area (Å²) in [6.45, 7) is 1.03. The minimum Gasteiger partial charge on any atom is -0.480 e. The monoisotopic (exact) mass is 256 g/mol. The van der Waals surface area contributed by atoms with E-state index in [1.807, 2.05) is 0 Å². The normalized spacial score (nSPS) is 11.6. The van der Waals surface area contributed by atoms with Crippen LogP contribution in [-0.2, 0) is 14.3 Å². The summed E-state index contributed by atoms with van der Waals surface area (Å²) >= 11 is 0. The number of carbonyl (C=O) groups excluding carboxylic acids is 1. The van der Waals surface area contributed by atoms with Crippen molar-refractivity contribution >= 4 is 11.9 Å². The quantitative estimate of drug-likeness (QED) is 0.369. The number of nitrogens with one attached hydrogen (secondary N) is 1. The van der Waals surface area contributed by atoms with Gasteiger partial charge in [0.05, 0.1) is 13.0 Å². The van der Waals surface area contributed by atoms with Crippen molar-refractivity contribution in [3.8, 4) is 12.3 Å². The van der Waals surface area contributed by atoms with E-state index in [1.165, 1.54) is 0 Å². The molecule has 0 rings (SSSR count). The largest absolute Gasteiger partial charge is 0.480 e. The van der Waals surface area contributed by atoms with Gasteiger partial charge in [-0.25, -0.2) is 0 Å². The average molecular weight is 256 g/mol. The van der Waals surface area contributed by atoms with Crippen molar-refractivity contribution in [3.05, 3.63) is 0 Å². The van der Waals surface area contributed by atoms with E-state index in [-0.39, 0.29) is 18.9 Å². The van der Waals surface area contributed by atoms with E-state index in [9.17, 15) is 9.59 Å². The fourth-order valence-corrected chi connectivity index (χ4v) is 1.22. The van der Waals surface area contributed by atoms with Crippen LogP contribution in [0, 0.1) is 12.3 Å². The molecule has 0 spiro atoms. The molecule has 0 saturated carbocycles. The third kappa shape index (κ3) is 9.63. The molecule has 0 aliphatic heterocycles. The molecule has 6 nitrogen and oxygen atoms in total. The van der Waals surface area contributed by atoms with Crippen LogP contribution >= 0.6 is 0 Å². The number of carboxylic acid groups (broad SMARTS) is 1. The molecule has 0 radical (unpaired) electrons. The van der Waals surface area contributed by atoms with Crippen LogP contribution < -0.4 is 11.1 Å². The Morgan fingerprint density at radius 1 is 1.44 bits per heavy atom. The first-order valence-corrected chi connectivity index (χ1v) is 5.84. The second kappa shape index (κ2) is 10.6. The highest BCUT2D eigenvalue weighted by Gasteiger charge is 2.10. The Bertz CT molecular complexity index is 299. The smallest absolute Gasteiger partial charge is 0.320 e. The molecule has 0 aliphatic rings. The van der Waals surface area contributed by atoms with E-state index in [4.69, 9.17) is 22.0 Å². The fraction of sp³-hybridized carbons (Fsp3) is 0.667. The third-order valence-electron chi connectivity index (χ3n) is 2.24. The zero-order valence-electron chi connectivity index (χ0n) is 10.4. The summed E-state index contributed by atoms with van der Waals surface area (Å²) in [5, 5.41) is 11.2. The molecule has 102 valence electrons. The highest BCUT2D eigenvalue weighted by Crippen LogP contribution is 1.98. The predicted molar refractivity (Wildman–Crippen MR) is 66.7 cm³/mol. The zero-order valence-corrected chi connectivity index (χ0v) is 10.4. The van der Waals surface area contributed by atoms with Crippen molar-refractivity contribution in [2.45, 2.75) is 31.7 Å². The number of amides is 1. The summed E-state index contributed by atoms with van der Waals surface area (Å²) in [6.07, 6.45) is 7.04. The number of carbonyl (C=O) groups is 2. The number of terminal acetylenes is 1. The lowest BCUT2D eigenvalue weighted by Crippen LogP contribution is -2.30. The Morgan fingerprint density at radius 3 is 2.78 bits per heavy atom. The number of carboxylic acids is 1. The van der Waals surface area contributed by atoms with Crippen molar-refractivity contribution in [3.63, 3.8) is 0 Å². The van der Waals surface area contributed by atoms with Crippen LogP contribution in [0.4, 0.5) is 0 Å². The van der Waals surface area contributed by atoms with Gasteiger partial charge in [0, 0.05) is 6.54 Å². The van der Waals surface area contributed by atoms with Gasteiger partial charge in [0.15, 0.2) is 0 Å². The van der Waals surface area contributed by atoms with Crippen LogP contribution in [0.2, 0.25) is 0 Å². The minimum atomic E-state index is -0.996. The van der Waals surface area contributed by atoms with Gasteiger partial charge in [0.2, 0.25) is 5.91 Å². The molecule has 0 aromatic rings. The Balaban J connectivity index is 3.36. The molecule has 0 aromatic heterocycles. The molecule has 1 atom stereocenters. The van der Waals surface area contributed by atoms with Crippen LogP contribution in [0.5, 0.6) is 0 Å². The maximum atomic E-state index is 11.2. The number of rotatable bonds is 10. The Labute approximate surface area is 107 Å². The van der Waals surface area contributed by atoms with Crippen LogP contribution in [-0.4, -0.2) is 42.8 Å². The van der Waals surface area contributed by atoms with Crippen LogP contribution in [0.3, 0.4) is 0 Å². The second-order valence-corrected chi connectivity index (χ2v) is 3.80. The fourth-order valence-electron chi connectivity index (χ4n) is 1.22. The Hall–Kier alpha value is -1.58. The van der Waals surface area contributed by atoms with E-state index >= 15 is 0 Å². The summed E-state index contributed by atoms with van der Waals surface area (Å²) in [4.78, 5) is 21.7. The van der Waals surface area contributed by atoms with E-state index in [0.717, 1.165) is 0 Å². The first-order chi connectivity index (χ1) is 8.57. The van der Waals surface area contributed by atoms with Gasteiger partial charge in [-0.15, -0.1) is 6.42 Å². The summed E-state index contributed by atoms with van der Waals surface area (Å²) in [7, 11) is 0. The summed E-state index contributed by atoms with van der Waals surface area (Å²) < 4.78 is 4.96. The predicted octanol–water partition coefficient (Wildman–Crippen LogP) is -0.275. The van der Waals surface area contributed by atoms with Crippen molar-refractivity contribution in [2.24, 2.45) is 5.73 Å². The van der Waals surface area contributed by atoms with Gasteiger partial charge in [0.25, 0.3) is 0 Å². The van der Waals surface area contributed by atoms with Crippen molar-refractivity contribution in [1.29, 1.82) is 0 Å². The lowest BCUT2D eigenvalue weighted by atomic mass is 10.1. The van der Waals surface area contributed by atoms with Crippen molar-refractivity contribution in [1.82, 2.24) is 5.32 Å². The summed E-state index contributed by atoms with van der Waals surface area (Å²) in [5.41, 5.74) is 5.33. The molecule has 0 bridgehead atoms. The number of nitrogens with two attached hydrogens (primary N) is 1. The molecule has 0 saturated heterocycles. The highest BCUT2D eigenvalue weighted by atomic mass is 16.5. The van der Waals surface area contributed by atoms with Gasteiger partial charge in [0.1, 0.15) is 12.6 Å². The molecule has 0 unspecified atom stereocenters. The van der Waals surface area contributed by atoms with Crippen LogP contribution in [0.1, 0.15) is 25.7 Å². The summed E-state index contributed by atoms with van der Waals surface area (Å²) in [6, 6.07) is -0.821. The zero-order chi connectivity index (χ0) is 13.8. The van der Waals surface area contributed by atoms with E-state index in [2.05, 4.69) is 11.2 Å². The number of aliphatic carboxylic acids is 1. The number of hydrogen-bond donors (Lipinski definition) is 3. The SMILES string of the molecule is C#CCOCCC(=O)NCCCC[C@H](N)C(=O)O. The molecule has 18 heavy (non-hydrogen) atoms. The van der Waals surface area contributed by atoms with Gasteiger partial charge in [-0.05, 0) is 19.3 Å². The van der Waals surface area contributed by atoms with Gasteiger partial charge in [-0.2, -0.15) is 0 Å². The molecule has 1 amide bonds. The third-order valence-corrected chi connectivity index (χ3v) is 2.24. The molecule has 0 aliphatic carbocycles. The van der Waals surface area contributed by atoms with Gasteiger partial charge in [-0.1, -0.05) is 5.92 Å². The highest BCUT2D eigenvalue weighted by molar-refractivity contribution is 5.75. The molecule has 0 fully saturated rings. The molecular formula is C12H20N2O4. The van der Waals surface area contributed by atoms with Crippen molar-refractivity contribution < 1.29 is 19.4 Å². The first kappa shape index (κ1) is 16.4. The molecule has 0 aromatic carbocycles. The van der Waals surface area contributed by atoms with Gasteiger partial charge in [-0.3, -0.25) is 9.59 Å². The van der Waals surface area contributed by atoms with E-state index in [0.29, 0.717) is 32.4 Å². The number of unbranched alkanes of at least 4 members (excludes halogenated alkanes) is 1. The maximum Gasteiger partial charge on any atom is 0.320 e. The molecule has 0 heterocycles. The second-order valence-electron chi connectivity index (χ2n) is 3.80. The molecular weight excluding hydrogens is 236 g/mol. The van der Waals surface area contributed by atoms with Crippen LogP contribution in [0.25, 0.3) is 0 Å². The van der Waals surface area contributed by atoms with Crippen molar-refractivity contribution in [2.75, 3.05) is 19.8 Å². The van der Waals surface area contributed by atoms with Gasteiger partial charge < -0.3 is 20.9 Å². The standard InChI is InChI=1S/C12H20N2O4/c1-2-8-18-9-6-11(15)14-7-4-3-5-10(13)12(16)17/h1,10H,3-9,13H2,(H,14,15)(H,16,17)/t10-/m0/s1. The van der Waals surface area contributed by atoms with Crippen LogP contribution in [0.15, 0.2) is 0 Å². The topological polar surface area (TPSA) is 102 Å². The lowest BCUT2D eigenvalue weighted by Gasteiger charge is -2.07. The lowest BCUT2D eigenvalue weighted by molar-refractivity contribution is -0.138. The molecule has 6 heteroatoms. The molecule has 4 N–H and O–H groups in total. The van der Waals surface area contributed by atoms with E-state index < -0.39 is 12.0 Å². The van der Waals surface area contributed by atoms with Gasteiger partial charge >= 0.3 is 5.97 Å². The Morgan fingerprint density at radius 2 is 2.17 bits per heavy atom. The van der Waals surface area contributed by atoms with E-state index in [1.54, 1.807) is 0 Å². The average Bonchev–Trinajstić information content (AvgIpc) is 2.33. The first-order valence-electron chi connectivity index (χ1n) is 5.84.